The van der Waals surface area contributed by atoms with Gasteiger partial charge in [-0.1, -0.05) is 32.6 Å². The highest BCUT2D eigenvalue weighted by Crippen LogP contribution is 2.23. The lowest BCUT2D eigenvalue weighted by molar-refractivity contribution is -0.121. The molecular weight excluding hydrogens is 332 g/mol. The van der Waals surface area contributed by atoms with Gasteiger partial charge in [-0.3, -0.25) is 9.59 Å². The van der Waals surface area contributed by atoms with Gasteiger partial charge in [0, 0.05) is 0 Å². The number of amides is 2. The standard InChI is InChI=1S/C20H28N2O4/c1-3-5-6-7-8-13-21-17-14-18(23)22(19(17)24)16-11-9-15(10-12-16)20(25)26-4-2/h9-12,17,21H,3-8,13-14H2,1-2H3/t17-/m0/s1. The van der Waals surface area contributed by atoms with Crippen molar-refractivity contribution in [1.82, 2.24) is 5.32 Å². The highest BCUT2D eigenvalue weighted by molar-refractivity contribution is 6.22. The van der Waals surface area contributed by atoms with E-state index in [1.807, 2.05) is 0 Å². The van der Waals surface area contributed by atoms with Crippen LogP contribution in [0.5, 0.6) is 0 Å². The van der Waals surface area contributed by atoms with Crippen molar-refractivity contribution in [2.45, 2.75) is 58.4 Å². The minimum Gasteiger partial charge on any atom is -0.462 e. The number of esters is 1. The summed E-state index contributed by atoms with van der Waals surface area (Å²) in [5, 5.41) is 3.20. The second kappa shape index (κ2) is 10.1. The van der Waals surface area contributed by atoms with Crippen LogP contribution in [0.15, 0.2) is 24.3 Å². The molecule has 2 amide bonds. The van der Waals surface area contributed by atoms with Gasteiger partial charge < -0.3 is 10.1 Å². The molecule has 1 aliphatic heterocycles. The second-order valence-corrected chi connectivity index (χ2v) is 6.46. The Labute approximate surface area is 154 Å². The molecule has 0 saturated carbocycles. The number of hydrogen-bond acceptors (Lipinski definition) is 5. The summed E-state index contributed by atoms with van der Waals surface area (Å²) in [4.78, 5) is 37.7. The van der Waals surface area contributed by atoms with E-state index in [0.717, 1.165) is 19.4 Å². The number of carbonyl (C=O) groups excluding carboxylic acids is 3. The maximum atomic E-state index is 12.6. The zero-order valence-corrected chi connectivity index (χ0v) is 15.6. The molecule has 0 unspecified atom stereocenters. The normalized spacial score (nSPS) is 17.0. The first-order chi connectivity index (χ1) is 12.6. The number of carbonyl (C=O) groups is 3. The molecule has 1 N–H and O–H groups in total. The summed E-state index contributed by atoms with van der Waals surface area (Å²) in [5.74, 6) is -0.865. The van der Waals surface area contributed by atoms with Crippen molar-refractivity contribution in [2.24, 2.45) is 0 Å². The monoisotopic (exact) mass is 360 g/mol. The van der Waals surface area contributed by atoms with E-state index in [4.69, 9.17) is 4.74 Å². The molecule has 0 spiro atoms. The van der Waals surface area contributed by atoms with Gasteiger partial charge >= 0.3 is 5.97 Å². The molecule has 1 aromatic rings. The zero-order valence-electron chi connectivity index (χ0n) is 15.6. The molecule has 1 aliphatic rings. The third-order valence-electron chi connectivity index (χ3n) is 4.45. The van der Waals surface area contributed by atoms with E-state index in [-0.39, 0.29) is 18.2 Å². The SMILES string of the molecule is CCCCCCCN[C@H]1CC(=O)N(c2ccc(C(=O)OCC)cc2)C1=O. The summed E-state index contributed by atoms with van der Waals surface area (Å²) < 4.78 is 4.94. The van der Waals surface area contributed by atoms with Crippen LogP contribution in [0.3, 0.4) is 0 Å². The fourth-order valence-corrected chi connectivity index (χ4v) is 3.03. The third kappa shape index (κ3) is 5.14. The van der Waals surface area contributed by atoms with Gasteiger partial charge in [-0.15, -0.1) is 0 Å². The van der Waals surface area contributed by atoms with Gasteiger partial charge in [0.05, 0.1) is 30.3 Å². The number of nitrogens with one attached hydrogen (secondary N) is 1. The van der Waals surface area contributed by atoms with E-state index in [9.17, 15) is 14.4 Å². The number of ether oxygens (including phenoxy) is 1. The molecule has 0 aliphatic carbocycles. The Bertz CT molecular complexity index is 627. The van der Waals surface area contributed by atoms with Crippen LogP contribution < -0.4 is 10.2 Å². The Morgan fingerprint density at radius 1 is 1.12 bits per heavy atom. The van der Waals surface area contributed by atoms with Crippen LogP contribution in [0.25, 0.3) is 0 Å². The molecule has 0 bridgehead atoms. The van der Waals surface area contributed by atoms with E-state index in [1.54, 1.807) is 31.2 Å². The lowest BCUT2D eigenvalue weighted by Crippen LogP contribution is -2.39. The van der Waals surface area contributed by atoms with Crippen molar-refractivity contribution in [2.75, 3.05) is 18.1 Å². The summed E-state index contributed by atoms with van der Waals surface area (Å²) in [6, 6.07) is 5.90. The van der Waals surface area contributed by atoms with Crippen molar-refractivity contribution in [3.05, 3.63) is 29.8 Å². The highest BCUT2D eigenvalue weighted by Gasteiger charge is 2.39. The van der Waals surface area contributed by atoms with E-state index >= 15 is 0 Å². The Kier molecular flexibility index (Phi) is 7.78. The number of anilines is 1. The van der Waals surface area contributed by atoms with Gasteiger partial charge in [0.2, 0.25) is 5.91 Å². The highest BCUT2D eigenvalue weighted by atomic mass is 16.5. The Morgan fingerprint density at radius 3 is 2.46 bits per heavy atom. The molecule has 2 rings (SSSR count). The summed E-state index contributed by atoms with van der Waals surface area (Å²) in [7, 11) is 0. The quantitative estimate of drug-likeness (QED) is 0.394. The molecular formula is C20H28N2O4. The Balaban J connectivity index is 1.90. The maximum Gasteiger partial charge on any atom is 0.338 e. The number of nitrogens with zero attached hydrogens (tertiary/aromatic N) is 1. The van der Waals surface area contributed by atoms with E-state index < -0.39 is 12.0 Å². The van der Waals surface area contributed by atoms with Gasteiger partial charge in [-0.25, -0.2) is 9.69 Å². The first-order valence-corrected chi connectivity index (χ1v) is 9.45. The van der Waals surface area contributed by atoms with Crippen LogP contribution in [0.4, 0.5) is 5.69 Å². The molecule has 1 atom stereocenters. The van der Waals surface area contributed by atoms with Crippen molar-refractivity contribution < 1.29 is 19.1 Å². The van der Waals surface area contributed by atoms with Gasteiger partial charge in [0.1, 0.15) is 0 Å². The predicted octanol–water partition coefficient (Wildman–Crippen LogP) is 3.06. The summed E-state index contributed by atoms with van der Waals surface area (Å²) >= 11 is 0. The molecule has 6 nitrogen and oxygen atoms in total. The van der Waals surface area contributed by atoms with Crippen molar-refractivity contribution >= 4 is 23.5 Å². The molecule has 6 heteroatoms. The molecule has 1 fully saturated rings. The fraction of sp³-hybridized carbons (Fsp3) is 0.550. The van der Waals surface area contributed by atoms with Crippen LogP contribution in [-0.4, -0.2) is 37.0 Å². The Hall–Kier alpha value is -2.21. The van der Waals surface area contributed by atoms with E-state index in [0.29, 0.717) is 17.9 Å². The molecule has 26 heavy (non-hydrogen) atoms. The van der Waals surface area contributed by atoms with Gasteiger partial charge in [0.25, 0.3) is 5.91 Å². The zero-order chi connectivity index (χ0) is 18.9. The maximum absolute atomic E-state index is 12.6. The fourth-order valence-electron chi connectivity index (χ4n) is 3.03. The minimum atomic E-state index is -0.460. The number of unbranched alkanes of at least 4 members (excludes halogenated alkanes) is 4. The van der Waals surface area contributed by atoms with Gasteiger partial charge in [0.15, 0.2) is 0 Å². The largest absolute Gasteiger partial charge is 0.462 e. The van der Waals surface area contributed by atoms with Crippen molar-refractivity contribution in [1.29, 1.82) is 0 Å². The lowest BCUT2D eigenvalue weighted by atomic mass is 10.1. The second-order valence-electron chi connectivity index (χ2n) is 6.46. The third-order valence-corrected chi connectivity index (χ3v) is 4.45. The predicted molar refractivity (Wildman–Crippen MR) is 100 cm³/mol. The first kappa shape index (κ1) is 20.1. The number of rotatable bonds is 10. The van der Waals surface area contributed by atoms with Crippen molar-refractivity contribution in [3.63, 3.8) is 0 Å². The number of hydrogen-bond donors (Lipinski definition) is 1. The minimum absolute atomic E-state index is 0.174. The number of imide groups is 1. The van der Waals surface area contributed by atoms with Crippen LogP contribution >= 0.6 is 0 Å². The van der Waals surface area contributed by atoms with Gasteiger partial charge in [-0.05, 0) is 44.2 Å². The summed E-state index contributed by atoms with van der Waals surface area (Å²) in [6.45, 7) is 4.96. The van der Waals surface area contributed by atoms with Crippen LogP contribution in [0.1, 0.15) is 62.7 Å². The smallest absolute Gasteiger partial charge is 0.338 e. The van der Waals surface area contributed by atoms with E-state index in [2.05, 4.69) is 12.2 Å². The van der Waals surface area contributed by atoms with Crippen molar-refractivity contribution in [3.8, 4) is 0 Å². The summed E-state index contributed by atoms with van der Waals surface area (Å²) in [5.41, 5.74) is 0.886. The first-order valence-electron chi connectivity index (χ1n) is 9.45. The van der Waals surface area contributed by atoms with Gasteiger partial charge in [-0.2, -0.15) is 0 Å². The van der Waals surface area contributed by atoms with Crippen LogP contribution in [0.2, 0.25) is 0 Å². The molecule has 0 radical (unpaired) electrons. The molecule has 142 valence electrons. The summed E-state index contributed by atoms with van der Waals surface area (Å²) in [6.07, 6.45) is 5.95. The average molecular weight is 360 g/mol. The number of benzene rings is 1. The topological polar surface area (TPSA) is 75.7 Å². The van der Waals surface area contributed by atoms with Crippen LogP contribution in [0, 0.1) is 0 Å². The average Bonchev–Trinajstić information content (AvgIpc) is 2.92. The van der Waals surface area contributed by atoms with Crippen LogP contribution in [-0.2, 0) is 14.3 Å². The Morgan fingerprint density at radius 2 is 1.81 bits per heavy atom. The molecule has 1 heterocycles. The lowest BCUT2D eigenvalue weighted by Gasteiger charge is -2.16. The molecule has 1 saturated heterocycles. The molecule has 0 aromatic heterocycles. The van der Waals surface area contributed by atoms with E-state index in [1.165, 1.54) is 24.2 Å². The molecule has 1 aromatic carbocycles.